The number of nitrogens with one attached hydrogen (secondary N) is 1. The Balaban J connectivity index is 2.08. The summed E-state index contributed by atoms with van der Waals surface area (Å²) in [4.78, 5) is 11.6. The molecule has 0 unspecified atom stereocenters. The largest absolute Gasteiger partial charge is 0.317 e. The van der Waals surface area contributed by atoms with Gasteiger partial charge >= 0.3 is 0 Å². The van der Waals surface area contributed by atoms with E-state index in [0.29, 0.717) is 12.1 Å². The first-order chi connectivity index (χ1) is 7.31. The van der Waals surface area contributed by atoms with Crippen LogP contribution in [0, 0.1) is 0 Å². The molecule has 1 aliphatic carbocycles. The molecule has 0 bridgehead atoms. The van der Waals surface area contributed by atoms with E-state index in [9.17, 15) is 4.79 Å². The molecule has 1 aromatic rings. The Morgan fingerprint density at radius 3 is 2.60 bits per heavy atom. The van der Waals surface area contributed by atoms with Crippen LogP contribution in [-0.4, -0.2) is 17.7 Å². The highest BCUT2D eigenvalue weighted by Gasteiger charge is 2.21. The van der Waals surface area contributed by atoms with E-state index in [1.807, 2.05) is 23.9 Å². The summed E-state index contributed by atoms with van der Waals surface area (Å²) >= 11 is 0. The number of pyridine rings is 1. The molecule has 2 rings (SSSR count). The zero-order valence-electron chi connectivity index (χ0n) is 9.15. The topological polar surface area (TPSA) is 34.0 Å². The van der Waals surface area contributed by atoms with Crippen LogP contribution in [0.15, 0.2) is 29.2 Å². The average Bonchev–Trinajstić information content (AvgIpc) is 2.30. The van der Waals surface area contributed by atoms with Crippen molar-refractivity contribution in [1.82, 2.24) is 9.88 Å². The first-order valence-corrected chi connectivity index (χ1v) is 5.65. The molecule has 0 aromatic carbocycles. The third-order valence-electron chi connectivity index (χ3n) is 3.35. The zero-order valence-corrected chi connectivity index (χ0v) is 9.15. The molecule has 1 aromatic heterocycles. The molecule has 0 saturated heterocycles. The van der Waals surface area contributed by atoms with Gasteiger partial charge in [0, 0.05) is 24.3 Å². The maximum absolute atomic E-state index is 11.6. The van der Waals surface area contributed by atoms with Crippen LogP contribution in [0.3, 0.4) is 0 Å². The maximum Gasteiger partial charge on any atom is 0.250 e. The molecule has 1 aliphatic rings. The van der Waals surface area contributed by atoms with Gasteiger partial charge in [0.05, 0.1) is 0 Å². The number of nitrogens with zero attached hydrogens (tertiary/aromatic N) is 1. The minimum atomic E-state index is 0.130. The van der Waals surface area contributed by atoms with E-state index in [2.05, 4.69) is 5.32 Å². The van der Waals surface area contributed by atoms with Crippen molar-refractivity contribution in [2.75, 3.05) is 7.05 Å². The molecule has 1 N–H and O–H groups in total. The Bertz CT molecular complexity index is 364. The molecule has 0 amide bonds. The summed E-state index contributed by atoms with van der Waals surface area (Å²) in [6, 6.07) is 6.43. The molecule has 0 atom stereocenters. The average molecular weight is 206 g/mol. The fraction of sp³-hybridized carbons (Fsp3) is 0.583. The van der Waals surface area contributed by atoms with E-state index < -0.39 is 0 Å². The lowest BCUT2D eigenvalue weighted by atomic mass is 9.91. The highest BCUT2D eigenvalue weighted by atomic mass is 16.1. The second kappa shape index (κ2) is 4.62. The predicted molar refractivity (Wildman–Crippen MR) is 61.1 cm³/mol. The van der Waals surface area contributed by atoms with Crippen molar-refractivity contribution >= 4 is 0 Å². The lowest BCUT2D eigenvalue weighted by Gasteiger charge is -2.29. The quantitative estimate of drug-likeness (QED) is 0.796. The summed E-state index contributed by atoms with van der Waals surface area (Å²) in [5.41, 5.74) is 0.130. The van der Waals surface area contributed by atoms with Crippen LogP contribution < -0.4 is 10.9 Å². The molecule has 1 fully saturated rings. The first-order valence-electron chi connectivity index (χ1n) is 5.65. The van der Waals surface area contributed by atoms with Gasteiger partial charge in [0.2, 0.25) is 0 Å². The fourth-order valence-electron chi connectivity index (χ4n) is 2.38. The number of aromatic nitrogens is 1. The summed E-state index contributed by atoms with van der Waals surface area (Å²) in [7, 11) is 2.01. The summed E-state index contributed by atoms with van der Waals surface area (Å²) in [6.07, 6.45) is 6.46. The fourth-order valence-corrected chi connectivity index (χ4v) is 2.38. The number of hydrogen-bond acceptors (Lipinski definition) is 2. The Hall–Kier alpha value is -1.09. The van der Waals surface area contributed by atoms with Crippen LogP contribution >= 0.6 is 0 Å². The molecule has 82 valence electrons. The summed E-state index contributed by atoms with van der Waals surface area (Å²) in [6.45, 7) is 0. The van der Waals surface area contributed by atoms with Crippen LogP contribution in [0.1, 0.15) is 31.7 Å². The Labute approximate surface area is 90.1 Å². The van der Waals surface area contributed by atoms with Gasteiger partial charge in [-0.3, -0.25) is 4.79 Å². The van der Waals surface area contributed by atoms with Gasteiger partial charge < -0.3 is 9.88 Å². The van der Waals surface area contributed by atoms with E-state index >= 15 is 0 Å². The van der Waals surface area contributed by atoms with E-state index in [4.69, 9.17) is 0 Å². The smallest absolute Gasteiger partial charge is 0.250 e. The van der Waals surface area contributed by atoms with Gasteiger partial charge in [-0.2, -0.15) is 0 Å². The molecule has 15 heavy (non-hydrogen) atoms. The van der Waals surface area contributed by atoms with Gasteiger partial charge in [-0.25, -0.2) is 0 Å². The van der Waals surface area contributed by atoms with Crippen LogP contribution in [0.2, 0.25) is 0 Å². The maximum atomic E-state index is 11.6. The van der Waals surface area contributed by atoms with E-state index in [0.717, 1.165) is 12.8 Å². The lowest BCUT2D eigenvalue weighted by Crippen LogP contribution is -2.33. The van der Waals surface area contributed by atoms with Gasteiger partial charge in [0.15, 0.2) is 0 Å². The summed E-state index contributed by atoms with van der Waals surface area (Å²) in [5, 5.41) is 3.30. The van der Waals surface area contributed by atoms with Crippen molar-refractivity contribution in [3.63, 3.8) is 0 Å². The molecule has 1 heterocycles. The second-order valence-electron chi connectivity index (χ2n) is 4.24. The van der Waals surface area contributed by atoms with Crippen molar-refractivity contribution in [3.05, 3.63) is 34.7 Å². The standard InChI is InChI=1S/C12H18N2O/c1-13-10-5-7-11(8-6-10)14-9-3-2-4-12(14)15/h2-4,9-11,13H,5-8H2,1H3. The summed E-state index contributed by atoms with van der Waals surface area (Å²) in [5.74, 6) is 0. The van der Waals surface area contributed by atoms with Crippen LogP contribution in [0.25, 0.3) is 0 Å². The third kappa shape index (κ3) is 2.29. The van der Waals surface area contributed by atoms with Gasteiger partial charge in [-0.15, -0.1) is 0 Å². The highest BCUT2D eigenvalue weighted by molar-refractivity contribution is 4.96. The van der Waals surface area contributed by atoms with Gasteiger partial charge in [-0.1, -0.05) is 6.07 Å². The van der Waals surface area contributed by atoms with Crippen LogP contribution in [0.5, 0.6) is 0 Å². The van der Waals surface area contributed by atoms with Crippen LogP contribution in [0.4, 0.5) is 0 Å². The Morgan fingerprint density at radius 1 is 1.27 bits per heavy atom. The summed E-state index contributed by atoms with van der Waals surface area (Å²) < 4.78 is 1.88. The minimum absolute atomic E-state index is 0.130. The SMILES string of the molecule is CNC1CCC(n2ccccc2=O)CC1. The van der Waals surface area contributed by atoms with Gasteiger partial charge in [-0.05, 0) is 38.8 Å². The molecule has 0 spiro atoms. The number of rotatable bonds is 2. The monoisotopic (exact) mass is 206 g/mol. The van der Waals surface area contributed by atoms with Crippen LogP contribution in [-0.2, 0) is 0 Å². The van der Waals surface area contributed by atoms with Crippen molar-refractivity contribution in [2.45, 2.75) is 37.8 Å². The molecular formula is C12H18N2O. The highest BCUT2D eigenvalue weighted by Crippen LogP contribution is 2.26. The first kappa shape index (κ1) is 10.4. The molecule has 0 aliphatic heterocycles. The predicted octanol–water partition coefficient (Wildman–Crippen LogP) is 1.55. The van der Waals surface area contributed by atoms with Crippen molar-refractivity contribution < 1.29 is 0 Å². The molecule has 1 saturated carbocycles. The second-order valence-corrected chi connectivity index (χ2v) is 4.24. The van der Waals surface area contributed by atoms with Crippen molar-refractivity contribution in [1.29, 1.82) is 0 Å². The van der Waals surface area contributed by atoms with Gasteiger partial charge in [0.25, 0.3) is 5.56 Å². The van der Waals surface area contributed by atoms with Crippen molar-refractivity contribution in [3.8, 4) is 0 Å². The van der Waals surface area contributed by atoms with E-state index in [1.165, 1.54) is 12.8 Å². The molecular weight excluding hydrogens is 188 g/mol. The zero-order chi connectivity index (χ0) is 10.7. The Morgan fingerprint density at radius 2 is 2.00 bits per heavy atom. The minimum Gasteiger partial charge on any atom is -0.317 e. The number of hydrogen-bond donors (Lipinski definition) is 1. The van der Waals surface area contributed by atoms with E-state index in [-0.39, 0.29) is 5.56 Å². The third-order valence-corrected chi connectivity index (χ3v) is 3.35. The lowest BCUT2D eigenvalue weighted by molar-refractivity contribution is 0.296. The van der Waals surface area contributed by atoms with Crippen molar-refractivity contribution in [2.24, 2.45) is 0 Å². The van der Waals surface area contributed by atoms with Gasteiger partial charge in [0.1, 0.15) is 0 Å². The van der Waals surface area contributed by atoms with E-state index in [1.54, 1.807) is 12.1 Å². The Kier molecular flexibility index (Phi) is 3.21. The molecule has 3 heteroatoms. The molecule has 3 nitrogen and oxygen atoms in total. The molecule has 0 radical (unpaired) electrons. The normalized spacial score (nSPS) is 26.5.